The molecule has 7 nitrogen and oxygen atoms in total. The number of alkyl halides is 4. The number of hydrogen-bond acceptors (Lipinski definition) is 6. The standard InChI is InChI=1S/C35H33F3IN5O2/c36-35(37,38)27-5-7-29(8-6-27)43-15-12-30(13-16-43)46-31-9-10-32-25(18-31)17-26(21-41-32)34(45)42-28-11-14-44(33(39)19-28)22-24-3-1-23(20-40)2-4-24/h1-10,17-18,21,28,30,33H,11-16,19,22H2,(H,42,45). The van der Waals surface area contributed by atoms with Gasteiger partial charge in [-0.05, 0) is 79.1 Å². The van der Waals surface area contributed by atoms with Gasteiger partial charge in [-0.15, -0.1) is 0 Å². The van der Waals surface area contributed by atoms with Crippen molar-refractivity contribution in [3.8, 4) is 11.8 Å². The van der Waals surface area contributed by atoms with E-state index in [0.717, 1.165) is 73.1 Å². The van der Waals surface area contributed by atoms with E-state index in [1.807, 2.05) is 48.5 Å². The maximum Gasteiger partial charge on any atom is 0.416 e. The van der Waals surface area contributed by atoms with Crippen LogP contribution >= 0.6 is 22.6 Å². The highest BCUT2D eigenvalue weighted by atomic mass is 127. The number of nitrogens with one attached hydrogen (secondary N) is 1. The van der Waals surface area contributed by atoms with Gasteiger partial charge in [0, 0.05) is 62.3 Å². The molecule has 0 radical (unpaired) electrons. The number of likely N-dealkylation sites (tertiary alicyclic amines) is 1. The average molecular weight is 740 g/mol. The lowest BCUT2D eigenvalue weighted by Crippen LogP contribution is -2.47. The van der Waals surface area contributed by atoms with Gasteiger partial charge in [-0.1, -0.05) is 34.7 Å². The molecule has 3 heterocycles. The molecule has 2 unspecified atom stereocenters. The van der Waals surface area contributed by atoms with E-state index in [1.165, 1.54) is 12.1 Å². The van der Waals surface area contributed by atoms with Crippen molar-refractivity contribution < 1.29 is 22.7 Å². The van der Waals surface area contributed by atoms with E-state index in [1.54, 1.807) is 6.20 Å². The Morgan fingerprint density at radius 3 is 2.41 bits per heavy atom. The monoisotopic (exact) mass is 739 g/mol. The number of halogens is 4. The van der Waals surface area contributed by atoms with Crippen molar-refractivity contribution in [1.82, 2.24) is 15.2 Å². The summed E-state index contributed by atoms with van der Waals surface area (Å²) in [7, 11) is 0. The first kappa shape index (κ1) is 32.1. The van der Waals surface area contributed by atoms with Crippen molar-refractivity contribution in [2.75, 3.05) is 24.5 Å². The Kier molecular flexibility index (Phi) is 9.65. The number of nitrogens with zero attached hydrogens (tertiary/aromatic N) is 4. The third-order valence-electron chi connectivity index (χ3n) is 8.66. The molecule has 0 spiro atoms. The number of amides is 1. The van der Waals surface area contributed by atoms with Crippen LogP contribution in [0.1, 0.15) is 52.7 Å². The molecule has 3 aromatic carbocycles. The van der Waals surface area contributed by atoms with Crippen LogP contribution in [0.4, 0.5) is 18.9 Å². The summed E-state index contributed by atoms with van der Waals surface area (Å²) in [5.41, 5.74) is 3.21. The van der Waals surface area contributed by atoms with Crippen molar-refractivity contribution in [3.05, 3.63) is 101 Å². The van der Waals surface area contributed by atoms with Crippen molar-refractivity contribution >= 4 is 45.1 Å². The SMILES string of the molecule is N#Cc1ccc(CN2CCC(NC(=O)c3cnc4ccc(OC5CCN(c6ccc(C(F)(F)F)cc6)CC5)cc4c3)CC2I)cc1. The Balaban J connectivity index is 1.01. The van der Waals surface area contributed by atoms with Gasteiger partial charge >= 0.3 is 6.18 Å². The highest BCUT2D eigenvalue weighted by Gasteiger charge is 2.31. The van der Waals surface area contributed by atoms with Gasteiger partial charge in [0.05, 0.1) is 32.3 Å². The molecule has 2 atom stereocenters. The number of pyridine rings is 1. The number of ether oxygens (including phenoxy) is 1. The first-order valence-corrected chi connectivity index (χ1v) is 16.6. The fourth-order valence-corrected chi connectivity index (χ4v) is 7.14. The van der Waals surface area contributed by atoms with Gasteiger partial charge in [0.25, 0.3) is 5.91 Å². The smallest absolute Gasteiger partial charge is 0.416 e. The third kappa shape index (κ3) is 7.73. The predicted molar refractivity (Wildman–Crippen MR) is 179 cm³/mol. The van der Waals surface area contributed by atoms with Gasteiger partial charge in [0.1, 0.15) is 11.9 Å². The fraction of sp³-hybridized carbons (Fsp3) is 0.343. The Bertz CT molecular complexity index is 1720. The Morgan fingerprint density at radius 1 is 1.00 bits per heavy atom. The number of rotatable bonds is 7. The second-order valence-electron chi connectivity index (χ2n) is 11.8. The third-order valence-corrected chi connectivity index (χ3v) is 9.96. The van der Waals surface area contributed by atoms with E-state index in [2.05, 4.69) is 48.8 Å². The van der Waals surface area contributed by atoms with Gasteiger partial charge in [-0.3, -0.25) is 14.7 Å². The lowest BCUT2D eigenvalue weighted by Gasteiger charge is -2.36. The molecule has 0 aliphatic carbocycles. The van der Waals surface area contributed by atoms with Crippen LogP contribution in [0, 0.1) is 11.3 Å². The van der Waals surface area contributed by atoms with Crippen LogP contribution in [-0.4, -0.2) is 51.6 Å². The highest BCUT2D eigenvalue weighted by molar-refractivity contribution is 14.1. The Hall–Kier alpha value is -3.89. The van der Waals surface area contributed by atoms with Crippen LogP contribution < -0.4 is 15.0 Å². The van der Waals surface area contributed by atoms with E-state index >= 15 is 0 Å². The molecule has 0 saturated carbocycles. The van der Waals surface area contributed by atoms with Crippen LogP contribution in [-0.2, 0) is 12.7 Å². The van der Waals surface area contributed by atoms with Crippen molar-refractivity contribution in [2.45, 2.75) is 54.6 Å². The summed E-state index contributed by atoms with van der Waals surface area (Å²) < 4.78 is 45.3. The van der Waals surface area contributed by atoms with Crippen LogP contribution in [0.3, 0.4) is 0 Å². The van der Waals surface area contributed by atoms with Gasteiger partial charge < -0.3 is 15.0 Å². The molecule has 46 heavy (non-hydrogen) atoms. The molecule has 4 aromatic rings. The zero-order chi connectivity index (χ0) is 32.3. The second kappa shape index (κ2) is 13.8. The topological polar surface area (TPSA) is 81.5 Å². The molecule has 238 valence electrons. The zero-order valence-corrected chi connectivity index (χ0v) is 27.2. The van der Waals surface area contributed by atoms with Crippen LogP contribution in [0.2, 0.25) is 0 Å². The molecule has 1 aromatic heterocycles. The summed E-state index contributed by atoms with van der Waals surface area (Å²) in [5.74, 6) is 0.549. The lowest BCUT2D eigenvalue weighted by molar-refractivity contribution is -0.137. The van der Waals surface area contributed by atoms with Gasteiger partial charge in [-0.25, -0.2) is 0 Å². The highest BCUT2D eigenvalue weighted by Crippen LogP contribution is 2.32. The summed E-state index contributed by atoms with van der Waals surface area (Å²) >= 11 is 2.44. The molecule has 2 aliphatic heterocycles. The van der Waals surface area contributed by atoms with Gasteiger partial charge in [0.15, 0.2) is 0 Å². The Labute approximate surface area is 279 Å². The van der Waals surface area contributed by atoms with Crippen molar-refractivity contribution in [2.24, 2.45) is 0 Å². The second-order valence-corrected chi connectivity index (χ2v) is 13.3. The van der Waals surface area contributed by atoms with Crippen LogP contribution in [0.15, 0.2) is 79.0 Å². The predicted octanol–water partition coefficient (Wildman–Crippen LogP) is 7.33. The number of carbonyl (C=O) groups excluding carboxylic acids is 1. The van der Waals surface area contributed by atoms with Crippen molar-refractivity contribution in [1.29, 1.82) is 5.26 Å². The van der Waals surface area contributed by atoms with Crippen LogP contribution in [0.25, 0.3) is 10.9 Å². The minimum Gasteiger partial charge on any atom is -0.490 e. The van der Waals surface area contributed by atoms with E-state index in [4.69, 9.17) is 10.00 Å². The van der Waals surface area contributed by atoms with Gasteiger partial charge in [-0.2, -0.15) is 18.4 Å². The molecule has 1 N–H and O–H groups in total. The number of anilines is 1. The molecule has 2 aliphatic rings. The Morgan fingerprint density at radius 2 is 1.74 bits per heavy atom. The lowest BCUT2D eigenvalue weighted by atomic mass is 10.0. The molecule has 0 bridgehead atoms. The first-order chi connectivity index (χ1) is 22.1. The summed E-state index contributed by atoms with van der Waals surface area (Å²) in [6.07, 6.45) is 0.402. The van der Waals surface area contributed by atoms with E-state index in [9.17, 15) is 18.0 Å². The molecular weight excluding hydrogens is 706 g/mol. The number of hydrogen-bond donors (Lipinski definition) is 1. The normalized spacial score (nSPS) is 19.5. The number of benzene rings is 3. The molecule has 1 amide bonds. The summed E-state index contributed by atoms with van der Waals surface area (Å²) in [6.45, 7) is 3.03. The quantitative estimate of drug-likeness (QED) is 0.122. The molecule has 2 saturated heterocycles. The molecular formula is C35H33F3IN5O2. The number of carbonyl (C=O) groups is 1. The molecule has 2 fully saturated rings. The number of fused-ring (bicyclic) bond motifs is 1. The summed E-state index contributed by atoms with van der Waals surface area (Å²) in [5, 5.41) is 13.0. The average Bonchev–Trinajstić information content (AvgIpc) is 3.06. The van der Waals surface area contributed by atoms with E-state index in [0.29, 0.717) is 30.0 Å². The minimum absolute atomic E-state index is 0.0217. The molecule has 6 rings (SSSR count). The number of piperidine rings is 2. The van der Waals surface area contributed by atoms with Gasteiger partial charge in [0.2, 0.25) is 0 Å². The maximum atomic E-state index is 13.2. The number of aromatic nitrogens is 1. The molecule has 11 heteroatoms. The largest absolute Gasteiger partial charge is 0.490 e. The van der Waals surface area contributed by atoms with Crippen molar-refractivity contribution in [3.63, 3.8) is 0 Å². The summed E-state index contributed by atoms with van der Waals surface area (Å²) in [4.78, 5) is 22.2. The first-order valence-electron chi connectivity index (χ1n) is 15.3. The minimum atomic E-state index is -4.34. The maximum absolute atomic E-state index is 13.2. The number of nitriles is 1. The summed E-state index contributed by atoms with van der Waals surface area (Å²) in [6, 6.07) is 22.7. The van der Waals surface area contributed by atoms with Crippen LogP contribution in [0.5, 0.6) is 5.75 Å². The van der Waals surface area contributed by atoms with E-state index < -0.39 is 11.7 Å². The van der Waals surface area contributed by atoms with E-state index in [-0.39, 0.29) is 22.1 Å². The fourth-order valence-electron chi connectivity index (χ4n) is 6.05. The zero-order valence-electron chi connectivity index (χ0n) is 25.0.